The second-order valence-electron chi connectivity index (χ2n) is 4.84. The Balaban J connectivity index is 2.15. The third-order valence-corrected chi connectivity index (χ3v) is 4.62. The Labute approximate surface area is 153 Å². The van der Waals surface area contributed by atoms with Crippen molar-refractivity contribution in [3.8, 4) is 6.07 Å². The Kier molecular flexibility index (Phi) is 6.56. The van der Waals surface area contributed by atoms with E-state index in [4.69, 9.17) is 17.5 Å². The van der Waals surface area contributed by atoms with Gasteiger partial charge >= 0.3 is 0 Å². The minimum atomic E-state index is 0.266. The molecule has 0 aliphatic carbocycles. The van der Waals surface area contributed by atoms with Crippen LogP contribution in [-0.2, 0) is 13.1 Å². The molecule has 0 aromatic heterocycles. The molecule has 0 fully saturated rings. The predicted octanol–water partition coefficient (Wildman–Crippen LogP) is 5.45. The molecule has 0 aliphatic heterocycles. The summed E-state index contributed by atoms with van der Waals surface area (Å²) >= 11 is 12.3. The van der Waals surface area contributed by atoms with Gasteiger partial charge in [-0.1, -0.05) is 68.3 Å². The Morgan fingerprint density at radius 2 is 1.32 bits per heavy atom. The van der Waals surface area contributed by atoms with E-state index in [-0.39, 0.29) is 6.42 Å². The first-order valence-corrected chi connectivity index (χ1v) is 8.71. The van der Waals surface area contributed by atoms with E-state index in [1.165, 1.54) is 11.1 Å². The van der Waals surface area contributed by atoms with Crippen molar-refractivity contribution >= 4 is 49.1 Å². The van der Waals surface area contributed by atoms with E-state index in [1.54, 1.807) is 0 Å². The summed E-state index contributed by atoms with van der Waals surface area (Å²) in [6.07, 6.45) is 0.266. The maximum atomic E-state index is 8.91. The fraction of sp³-hybridized carbons (Fsp3) is 0.176. The summed E-state index contributed by atoms with van der Waals surface area (Å²) in [6.45, 7) is 1.40. The molecule has 0 spiro atoms. The lowest BCUT2D eigenvalue weighted by atomic mass is 10.1. The number of hydrogen-bond donors (Lipinski definition) is 0. The molecule has 5 heteroatoms. The van der Waals surface area contributed by atoms with Gasteiger partial charge < -0.3 is 4.90 Å². The summed E-state index contributed by atoms with van der Waals surface area (Å²) in [5.74, 6) is 0. The van der Waals surface area contributed by atoms with Crippen LogP contribution in [-0.4, -0.2) is 9.89 Å². The first-order chi connectivity index (χ1) is 10.6. The van der Waals surface area contributed by atoms with E-state index < -0.39 is 0 Å². The minimum absolute atomic E-state index is 0.266. The van der Waals surface area contributed by atoms with Crippen LogP contribution in [0.1, 0.15) is 17.5 Å². The van der Waals surface area contributed by atoms with E-state index in [1.807, 2.05) is 24.3 Å². The van der Waals surface area contributed by atoms with Crippen LogP contribution in [0.4, 0.5) is 0 Å². The minimum Gasteiger partial charge on any atom is -0.357 e. The zero-order valence-corrected chi connectivity index (χ0v) is 15.8. The molecule has 0 N–H and O–H groups in total. The van der Waals surface area contributed by atoms with Crippen molar-refractivity contribution < 1.29 is 0 Å². The number of halogens is 2. The number of nitrogens with zero attached hydrogens (tertiary/aromatic N) is 2. The van der Waals surface area contributed by atoms with Crippen molar-refractivity contribution in [3.05, 3.63) is 68.6 Å². The van der Waals surface area contributed by atoms with Gasteiger partial charge in [-0.15, -0.1) is 0 Å². The lowest BCUT2D eigenvalue weighted by Gasteiger charge is -2.24. The average molecular weight is 438 g/mol. The van der Waals surface area contributed by atoms with Crippen molar-refractivity contribution in [2.45, 2.75) is 19.5 Å². The van der Waals surface area contributed by atoms with Crippen molar-refractivity contribution in [1.82, 2.24) is 4.90 Å². The molecular weight excluding hydrogens is 424 g/mol. The van der Waals surface area contributed by atoms with E-state index in [9.17, 15) is 0 Å². The lowest BCUT2D eigenvalue weighted by molar-refractivity contribution is 0.409. The van der Waals surface area contributed by atoms with Gasteiger partial charge in [0.25, 0.3) is 0 Å². The first kappa shape index (κ1) is 17.1. The zero-order chi connectivity index (χ0) is 15.9. The van der Waals surface area contributed by atoms with Crippen molar-refractivity contribution in [2.24, 2.45) is 0 Å². The normalized spacial score (nSPS) is 10.0. The molecule has 0 unspecified atom stereocenters. The van der Waals surface area contributed by atoms with Gasteiger partial charge in [0.1, 0.15) is 0 Å². The first-order valence-electron chi connectivity index (χ1n) is 6.72. The number of nitriles is 1. The molecule has 22 heavy (non-hydrogen) atoms. The predicted molar refractivity (Wildman–Crippen MR) is 100 cm³/mol. The van der Waals surface area contributed by atoms with Gasteiger partial charge in [0, 0.05) is 22.0 Å². The third-order valence-electron chi connectivity index (χ3n) is 3.16. The summed E-state index contributed by atoms with van der Waals surface area (Å²) in [5.41, 5.74) is 2.33. The van der Waals surface area contributed by atoms with Crippen LogP contribution in [0.3, 0.4) is 0 Å². The standard InChI is InChI=1S/C17H14Br2N2S/c18-15-5-1-13(2-6-15)11-21(17(22)9-10-20)12-14-3-7-16(19)8-4-14/h1-8H,9,11-12H2. The van der Waals surface area contributed by atoms with Crippen LogP contribution in [0, 0.1) is 11.3 Å². The van der Waals surface area contributed by atoms with Gasteiger partial charge in [0.05, 0.1) is 17.5 Å². The van der Waals surface area contributed by atoms with Crippen LogP contribution in [0.25, 0.3) is 0 Å². The fourth-order valence-electron chi connectivity index (χ4n) is 2.03. The van der Waals surface area contributed by atoms with Crippen molar-refractivity contribution in [2.75, 3.05) is 0 Å². The number of hydrogen-bond acceptors (Lipinski definition) is 2. The van der Waals surface area contributed by atoms with Gasteiger partial charge in [-0.3, -0.25) is 0 Å². The van der Waals surface area contributed by atoms with Gasteiger partial charge in [-0.05, 0) is 35.4 Å². The lowest BCUT2D eigenvalue weighted by Crippen LogP contribution is -2.28. The Morgan fingerprint density at radius 1 is 0.909 bits per heavy atom. The van der Waals surface area contributed by atoms with Crippen LogP contribution in [0.5, 0.6) is 0 Å². The summed E-state index contributed by atoms with van der Waals surface area (Å²) in [5, 5.41) is 8.91. The van der Waals surface area contributed by atoms with Crippen LogP contribution >= 0.6 is 44.1 Å². The van der Waals surface area contributed by atoms with Gasteiger partial charge in [-0.2, -0.15) is 5.26 Å². The highest BCUT2D eigenvalue weighted by Crippen LogP contribution is 2.17. The largest absolute Gasteiger partial charge is 0.357 e. The van der Waals surface area contributed by atoms with Gasteiger partial charge in [0.2, 0.25) is 0 Å². The maximum Gasteiger partial charge on any atom is 0.0928 e. The highest BCUT2D eigenvalue weighted by molar-refractivity contribution is 9.10. The molecule has 0 heterocycles. The van der Waals surface area contributed by atoms with Gasteiger partial charge in [0.15, 0.2) is 0 Å². The van der Waals surface area contributed by atoms with E-state index in [0.717, 1.165) is 8.95 Å². The molecule has 0 aliphatic rings. The molecule has 0 radical (unpaired) electrons. The molecular formula is C17H14Br2N2S. The highest BCUT2D eigenvalue weighted by atomic mass is 79.9. The molecule has 0 saturated carbocycles. The SMILES string of the molecule is N#CCC(=S)N(Cc1ccc(Br)cc1)Cc1ccc(Br)cc1. The zero-order valence-electron chi connectivity index (χ0n) is 11.8. The second kappa shape index (κ2) is 8.42. The molecule has 0 amide bonds. The second-order valence-corrected chi connectivity index (χ2v) is 7.14. The molecule has 0 bridgehead atoms. The van der Waals surface area contributed by atoms with Crippen LogP contribution in [0.15, 0.2) is 57.5 Å². The number of thiocarbonyl (C=S) groups is 1. The average Bonchev–Trinajstić information content (AvgIpc) is 2.51. The smallest absolute Gasteiger partial charge is 0.0928 e. The van der Waals surface area contributed by atoms with Crippen LogP contribution < -0.4 is 0 Å². The molecule has 2 rings (SSSR count). The molecule has 0 saturated heterocycles. The van der Waals surface area contributed by atoms with Crippen LogP contribution in [0.2, 0.25) is 0 Å². The van der Waals surface area contributed by atoms with Crippen molar-refractivity contribution in [3.63, 3.8) is 0 Å². The number of rotatable bonds is 5. The summed E-state index contributed by atoms with van der Waals surface area (Å²) in [4.78, 5) is 2.75. The van der Waals surface area contributed by atoms with Gasteiger partial charge in [-0.25, -0.2) is 0 Å². The Hall–Kier alpha value is -1.22. The summed E-state index contributed by atoms with van der Waals surface area (Å²) in [6, 6.07) is 18.4. The van der Waals surface area contributed by atoms with E-state index in [0.29, 0.717) is 18.1 Å². The van der Waals surface area contributed by atoms with E-state index >= 15 is 0 Å². The fourth-order valence-corrected chi connectivity index (χ4v) is 2.75. The van der Waals surface area contributed by atoms with E-state index in [2.05, 4.69) is 67.1 Å². The monoisotopic (exact) mass is 436 g/mol. The maximum absolute atomic E-state index is 8.91. The Morgan fingerprint density at radius 3 is 1.68 bits per heavy atom. The Bertz CT molecular complexity index is 628. The summed E-state index contributed by atoms with van der Waals surface area (Å²) in [7, 11) is 0. The molecule has 112 valence electrons. The molecule has 2 nitrogen and oxygen atoms in total. The summed E-state index contributed by atoms with van der Waals surface area (Å²) < 4.78 is 2.10. The molecule has 0 atom stereocenters. The molecule has 2 aromatic rings. The quantitative estimate of drug-likeness (QED) is 0.581. The topological polar surface area (TPSA) is 27.0 Å². The molecule has 2 aromatic carbocycles. The highest BCUT2D eigenvalue weighted by Gasteiger charge is 2.11. The number of benzene rings is 2. The third kappa shape index (κ3) is 5.20. The van der Waals surface area contributed by atoms with Crippen molar-refractivity contribution in [1.29, 1.82) is 5.26 Å².